The first-order valence-corrected chi connectivity index (χ1v) is 11.9. The zero-order chi connectivity index (χ0) is 24.9. The first kappa shape index (κ1) is 24.6. The zero-order valence-electron chi connectivity index (χ0n) is 19.1. The van der Waals surface area contributed by atoms with Crippen molar-refractivity contribution in [2.45, 2.75) is 6.92 Å². The van der Waals surface area contributed by atoms with E-state index < -0.39 is 11.7 Å². The molecule has 0 saturated carbocycles. The fourth-order valence-corrected chi connectivity index (χ4v) is 4.42. The molecule has 0 unspecified atom stereocenters. The van der Waals surface area contributed by atoms with E-state index in [-0.39, 0.29) is 11.0 Å². The number of rotatable bonds is 4. The molecule has 9 heteroatoms. The topological polar surface area (TPSA) is 64.7 Å². The summed E-state index contributed by atoms with van der Waals surface area (Å²) in [4.78, 5) is 29.1. The molecule has 35 heavy (non-hydrogen) atoms. The molecule has 3 aromatic rings. The summed E-state index contributed by atoms with van der Waals surface area (Å²) >= 11 is 11.8. The summed E-state index contributed by atoms with van der Waals surface area (Å²) in [5, 5.41) is 6.13. The van der Waals surface area contributed by atoms with Gasteiger partial charge >= 0.3 is 0 Å². The Labute approximate surface area is 213 Å². The molecule has 0 spiro atoms. The van der Waals surface area contributed by atoms with Crippen molar-refractivity contribution >= 4 is 52.1 Å². The van der Waals surface area contributed by atoms with Gasteiger partial charge < -0.3 is 15.1 Å². The van der Waals surface area contributed by atoms with E-state index in [9.17, 15) is 14.0 Å². The second-order valence-electron chi connectivity index (χ2n) is 8.18. The number of anilines is 2. The summed E-state index contributed by atoms with van der Waals surface area (Å²) in [6.07, 6.45) is 0. The molecule has 6 nitrogen and oxygen atoms in total. The van der Waals surface area contributed by atoms with Crippen molar-refractivity contribution in [2.75, 3.05) is 36.4 Å². The maximum absolute atomic E-state index is 13.0. The lowest BCUT2D eigenvalue weighted by atomic mass is 10.1. The highest BCUT2D eigenvalue weighted by molar-refractivity contribution is 7.80. The summed E-state index contributed by atoms with van der Waals surface area (Å²) in [5.74, 6) is -0.816. The summed E-state index contributed by atoms with van der Waals surface area (Å²) in [6, 6.07) is 18.2. The van der Waals surface area contributed by atoms with Crippen LogP contribution in [0.1, 0.15) is 26.3 Å². The van der Waals surface area contributed by atoms with Gasteiger partial charge in [-0.3, -0.25) is 14.9 Å². The zero-order valence-corrected chi connectivity index (χ0v) is 20.6. The normalized spacial score (nSPS) is 13.3. The molecule has 0 radical (unpaired) electrons. The van der Waals surface area contributed by atoms with Gasteiger partial charge in [-0.2, -0.15) is 0 Å². The molecule has 1 aliphatic rings. The standard InChI is InChI=1S/C26H24ClFN4O2S/c1-17-4-2-3-5-21(17)25(34)32-14-12-31(13-15-32)23-11-10-20(16-22(23)27)29-26(35)30-24(33)18-6-8-19(28)9-7-18/h2-11,16H,12-15H2,1H3,(H2,29,30,33,35). The molecule has 1 aliphatic heterocycles. The number of piperazine rings is 1. The highest BCUT2D eigenvalue weighted by Crippen LogP contribution is 2.30. The van der Waals surface area contributed by atoms with E-state index in [1.54, 1.807) is 6.07 Å². The minimum Gasteiger partial charge on any atom is -0.367 e. The molecular formula is C26H24ClFN4O2S. The molecule has 0 aliphatic carbocycles. The quantitative estimate of drug-likeness (QED) is 0.490. The molecule has 1 saturated heterocycles. The van der Waals surface area contributed by atoms with Crippen LogP contribution in [0.2, 0.25) is 5.02 Å². The molecular weight excluding hydrogens is 487 g/mol. The molecule has 1 fully saturated rings. The van der Waals surface area contributed by atoms with Gasteiger partial charge in [0, 0.05) is 43.0 Å². The Kier molecular flexibility index (Phi) is 7.63. The van der Waals surface area contributed by atoms with E-state index in [0.717, 1.165) is 16.8 Å². The largest absolute Gasteiger partial charge is 0.367 e. The summed E-state index contributed by atoms with van der Waals surface area (Å²) in [7, 11) is 0. The van der Waals surface area contributed by atoms with Gasteiger partial charge in [-0.25, -0.2) is 4.39 Å². The van der Waals surface area contributed by atoms with E-state index in [1.807, 2.05) is 48.2 Å². The molecule has 0 atom stereocenters. The van der Waals surface area contributed by atoms with Gasteiger partial charge in [-0.05, 0) is 73.2 Å². The lowest BCUT2D eigenvalue weighted by molar-refractivity contribution is 0.0746. The SMILES string of the molecule is Cc1ccccc1C(=O)N1CCN(c2ccc(NC(=S)NC(=O)c3ccc(F)cc3)cc2Cl)CC1. The third kappa shape index (κ3) is 5.96. The number of nitrogens with zero attached hydrogens (tertiary/aromatic N) is 2. The smallest absolute Gasteiger partial charge is 0.257 e. The van der Waals surface area contributed by atoms with Crippen molar-refractivity contribution in [1.82, 2.24) is 10.2 Å². The summed E-state index contributed by atoms with van der Waals surface area (Å²) in [5.41, 5.74) is 3.48. The Morgan fingerprint density at radius 3 is 2.31 bits per heavy atom. The van der Waals surface area contributed by atoms with Crippen molar-refractivity contribution < 1.29 is 14.0 Å². The maximum Gasteiger partial charge on any atom is 0.257 e. The van der Waals surface area contributed by atoms with Crippen molar-refractivity contribution in [3.05, 3.63) is 94.3 Å². The van der Waals surface area contributed by atoms with Crippen LogP contribution in [-0.4, -0.2) is 48.0 Å². The van der Waals surface area contributed by atoms with Crippen LogP contribution in [0.3, 0.4) is 0 Å². The predicted molar refractivity (Wildman–Crippen MR) is 141 cm³/mol. The lowest BCUT2D eigenvalue weighted by Crippen LogP contribution is -2.49. The number of nitrogens with one attached hydrogen (secondary N) is 2. The number of benzene rings is 3. The first-order valence-electron chi connectivity index (χ1n) is 11.1. The first-order chi connectivity index (χ1) is 16.8. The fourth-order valence-electron chi connectivity index (χ4n) is 3.91. The molecule has 3 aromatic carbocycles. The minimum absolute atomic E-state index is 0.0459. The van der Waals surface area contributed by atoms with Gasteiger partial charge in [0.25, 0.3) is 11.8 Å². The van der Waals surface area contributed by atoms with Crippen LogP contribution in [-0.2, 0) is 0 Å². The van der Waals surface area contributed by atoms with E-state index >= 15 is 0 Å². The Morgan fingerprint density at radius 2 is 1.66 bits per heavy atom. The monoisotopic (exact) mass is 510 g/mol. The van der Waals surface area contributed by atoms with Crippen LogP contribution in [0.5, 0.6) is 0 Å². The third-order valence-corrected chi connectivity index (χ3v) is 6.33. The highest BCUT2D eigenvalue weighted by atomic mass is 35.5. The highest BCUT2D eigenvalue weighted by Gasteiger charge is 2.24. The van der Waals surface area contributed by atoms with Crippen molar-refractivity contribution in [2.24, 2.45) is 0 Å². The molecule has 0 aromatic heterocycles. The molecule has 1 heterocycles. The second-order valence-corrected chi connectivity index (χ2v) is 8.99. The lowest BCUT2D eigenvalue weighted by Gasteiger charge is -2.36. The molecule has 0 bridgehead atoms. The fraction of sp³-hybridized carbons (Fsp3) is 0.192. The van der Waals surface area contributed by atoms with Gasteiger partial charge in [0.15, 0.2) is 5.11 Å². The Bertz CT molecular complexity index is 1260. The maximum atomic E-state index is 13.0. The Morgan fingerprint density at radius 1 is 0.971 bits per heavy atom. The van der Waals surface area contributed by atoms with Crippen LogP contribution in [0, 0.1) is 12.7 Å². The van der Waals surface area contributed by atoms with Crippen LogP contribution >= 0.6 is 23.8 Å². The number of carbonyl (C=O) groups excluding carboxylic acids is 2. The molecule has 2 N–H and O–H groups in total. The van der Waals surface area contributed by atoms with Gasteiger partial charge in [0.05, 0.1) is 10.7 Å². The van der Waals surface area contributed by atoms with Gasteiger partial charge in [0.2, 0.25) is 0 Å². The number of hydrogen-bond acceptors (Lipinski definition) is 4. The average molecular weight is 511 g/mol. The van der Waals surface area contributed by atoms with Crippen molar-refractivity contribution in [3.63, 3.8) is 0 Å². The molecule has 180 valence electrons. The Balaban J connectivity index is 1.33. The van der Waals surface area contributed by atoms with Crippen LogP contribution < -0.4 is 15.5 Å². The summed E-state index contributed by atoms with van der Waals surface area (Å²) < 4.78 is 13.0. The number of amides is 2. The number of halogens is 2. The second kappa shape index (κ2) is 10.8. The van der Waals surface area contributed by atoms with Gasteiger partial charge in [-0.1, -0.05) is 29.8 Å². The van der Waals surface area contributed by atoms with Crippen molar-refractivity contribution in [3.8, 4) is 0 Å². The average Bonchev–Trinajstić information content (AvgIpc) is 2.84. The minimum atomic E-state index is -0.441. The predicted octanol–water partition coefficient (Wildman–Crippen LogP) is 4.88. The third-order valence-electron chi connectivity index (χ3n) is 5.82. The number of hydrogen-bond donors (Lipinski definition) is 2. The number of carbonyl (C=O) groups is 2. The summed E-state index contributed by atoms with van der Waals surface area (Å²) in [6.45, 7) is 4.47. The van der Waals surface area contributed by atoms with Crippen LogP contribution in [0.25, 0.3) is 0 Å². The van der Waals surface area contributed by atoms with E-state index in [0.29, 0.717) is 42.5 Å². The van der Waals surface area contributed by atoms with Crippen LogP contribution in [0.4, 0.5) is 15.8 Å². The van der Waals surface area contributed by atoms with Crippen LogP contribution in [0.15, 0.2) is 66.7 Å². The Hall–Kier alpha value is -3.49. The van der Waals surface area contributed by atoms with E-state index in [2.05, 4.69) is 15.5 Å². The molecule has 4 rings (SSSR count). The number of aryl methyl sites for hydroxylation is 1. The van der Waals surface area contributed by atoms with E-state index in [1.165, 1.54) is 24.3 Å². The number of thiocarbonyl (C=S) groups is 1. The van der Waals surface area contributed by atoms with Crippen molar-refractivity contribution in [1.29, 1.82) is 0 Å². The van der Waals surface area contributed by atoms with Gasteiger partial charge in [0.1, 0.15) is 5.82 Å². The van der Waals surface area contributed by atoms with Gasteiger partial charge in [-0.15, -0.1) is 0 Å². The molecule has 2 amide bonds. The van der Waals surface area contributed by atoms with E-state index in [4.69, 9.17) is 23.8 Å².